The van der Waals surface area contributed by atoms with E-state index < -0.39 is 0 Å². The third kappa shape index (κ3) is 4.21. The summed E-state index contributed by atoms with van der Waals surface area (Å²) in [7, 11) is 3.47. The van der Waals surface area contributed by atoms with E-state index in [0.29, 0.717) is 0 Å². The SMILES string of the molecule is COc1cccc(NC(=O)N(C)C2CCN(c3ccccn3)CC2)c1. The lowest BCUT2D eigenvalue weighted by molar-refractivity contribution is 0.193. The highest BCUT2D eigenvalue weighted by Gasteiger charge is 2.26. The van der Waals surface area contributed by atoms with Crippen molar-refractivity contribution in [3.8, 4) is 5.75 Å². The summed E-state index contributed by atoms with van der Waals surface area (Å²) in [4.78, 5) is 21.0. The number of piperidine rings is 1. The molecule has 132 valence electrons. The Morgan fingerprint density at radius 1 is 1.24 bits per heavy atom. The van der Waals surface area contributed by atoms with Gasteiger partial charge in [-0.3, -0.25) is 0 Å². The molecule has 1 fully saturated rings. The van der Waals surface area contributed by atoms with Gasteiger partial charge in [0.2, 0.25) is 0 Å². The molecular formula is C19H24N4O2. The van der Waals surface area contributed by atoms with Crippen molar-refractivity contribution < 1.29 is 9.53 Å². The van der Waals surface area contributed by atoms with Gasteiger partial charge in [-0.25, -0.2) is 9.78 Å². The molecule has 1 N–H and O–H groups in total. The number of nitrogens with one attached hydrogen (secondary N) is 1. The van der Waals surface area contributed by atoms with E-state index in [9.17, 15) is 4.79 Å². The van der Waals surface area contributed by atoms with Crippen molar-refractivity contribution in [1.82, 2.24) is 9.88 Å². The number of rotatable bonds is 4. The number of anilines is 2. The number of pyridine rings is 1. The van der Waals surface area contributed by atoms with Crippen molar-refractivity contribution in [2.24, 2.45) is 0 Å². The number of benzene rings is 1. The first-order chi connectivity index (χ1) is 12.2. The van der Waals surface area contributed by atoms with Crippen LogP contribution in [0.25, 0.3) is 0 Å². The van der Waals surface area contributed by atoms with Crippen LogP contribution in [0.3, 0.4) is 0 Å². The van der Waals surface area contributed by atoms with E-state index in [2.05, 4.69) is 15.2 Å². The van der Waals surface area contributed by atoms with Crippen molar-refractivity contribution in [3.63, 3.8) is 0 Å². The third-order valence-electron chi connectivity index (χ3n) is 4.63. The van der Waals surface area contributed by atoms with E-state index in [1.807, 2.05) is 55.7 Å². The second-order valence-corrected chi connectivity index (χ2v) is 6.18. The Balaban J connectivity index is 1.54. The first-order valence-corrected chi connectivity index (χ1v) is 8.51. The van der Waals surface area contributed by atoms with Gasteiger partial charge >= 0.3 is 6.03 Å². The first kappa shape index (κ1) is 17.1. The lowest BCUT2D eigenvalue weighted by Gasteiger charge is -2.37. The Labute approximate surface area is 148 Å². The van der Waals surface area contributed by atoms with E-state index >= 15 is 0 Å². The van der Waals surface area contributed by atoms with Gasteiger partial charge in [-0.15, -0.1) is 0 Å². The van der Waals surface area contributed by atoms with Gasteiger partial charge in [-0.2, -0.15) is 0 Å². The van der Waals surface area contributed by atoms with Crippen molar-refractivity contribution in [1.29, 1.82) is 0 Å². The molecule has 1 aromatic carbocycles. The fraction of sp³-hybridized carbons (Fsp3) is 0.368. The van der Waals surface area contributed by atoms with Gasteiger partial charge in [0.1, 0.15) is 11.6 Å². The number of methoxy groups -OCH3 is 1. The van der Waals surface area contributed by atoms with Crippen LogP contribution in [-0.4, -0.2) is 49.2 Å². The van der Waals surface area contributed by atoms with Crippen LogP contribution in [0.2, 0.25) is 0 Å². The van der Waals surface area contributed by atoms with Crippen LogP contribution in [0.5, 0.6) is 5.75 Å². The number of hydrogen-bond acceptors (Lipinski definition) is 4. The summed E-state index contributed by atoms with van der Waals surface area (Å²) in [6.45, 7) is 1.80. The smallest absolute Gasteiger partial charge is 0.321 e. The number of hydrogen-bond donors (Lipinski definition) is 1. The summed E-state index contributed by atoms with van der Waals surface area (Å²) in [6, 6.07) is 13.5. The highest BCUT2D eigenvalue weighted by molar-refractivity contribution is 5.89. The Hall–Kier alpha value is -2.76. The number of carbonyl (C=O) groups excluding carboxylic acids is 1. The van der Waals surface area contributed by atoms with Gasteiger partial charge in [0.25, 0.3) is 0 Å². The van der Waals surface area contributed by atoms with Crippen molar-refractivity contribution >= 4 is 17.5 Å². The van der Waals surface area contributed by atoms with Crippen molar-refractivity contribution in [3.05, 3.63) is 48.7 Å². The zero-order valence-electron chi connectivity index (χ0n) is 14.7. The van der Waals surface area contributed by atoms with Gasteiger partial charge in [-0.05, 0) is 37.1 Å². The van der Waals surface area contributed by atoms with Crippen LogP contribution >= 0.6 is 0 Å². The average molecular weight is 340 g/mol. The zero-order valence-corrected chi connectivity index (χ0v) is 14.7. The standard InChI is InChI=1S/C19H24N4O2/c1-22(19(24)21-15-6-5-7-17(14-15)25-2)16-9-12-23(13-10-16)18-8-3-4-11-20-18/h3-8,11,14,16H,9-10,12-13H2,1-2H3,(H,21,24). The molecule has 1 aliphatic rings. The van der Waals surface area contributed by atoms with E-state index in [4.69, 9.17) is 4.74 Å². The van der Waals surface area contributed by atoms with Crippen LogP contribution in [-0.2, 0) is 0 Å². The fourth-order valence-corrected chi connectivity index (χ4v) is 3.10. The van der Waals surface area contributed by atoms with Crippen molar-refractivity contribution in [2.75, 3.05) is 37.5 Å². The first-order valence-electron chi connectivity index (χ1n) is 8.51. The summed E-state index contributed by atoms with van der Waals surface area (Å²) >= 11 is 0. The number of nitrogens with zero attached hydrogens (tertiary/aromatic N) is 3. The van der Waals surface area contributed by atoms with Gasteiger partial charge in [0.05, 0.1) is 7.11 Å². The Morgan fingerprint density at radius 3 is 2.72 bits per heavy atom. The molecule has 6 heteroatoms. The maximum Gasteiger partial charge on any atom is 0.321 e. The monoisotopic (exact) mass is 340 g/mol. The molecule has 2 heterocycles. The zero-order chi connectivity index (χ0) is 17.6. The predicted molar refractivity (Wildman–Crippen MR) is 99.2 cm³/mol. The molecule has 2 aromatic rings. The summed E-state index contributed by atoms with van der Waals surface area (Å²) in [5.74, 6) is 1.73. The number of amides is 2. The normalized spacial score (nSPS) is 14.9. The summed E-state index contributed by atoms with van der Waals surface area (Å²) in [6.07, 6.45) is 3.67. The molecule has 25 heavy (non-hydrogen) atoms. The average Bonchev–Trinajstić information content (AvgIpc) is 2.68. The molecule has 0 atom stereocenters. The van der Waals surface area contributed by atoms with Gasteiger partial charge in [0.15, 0.2) is 0 Å². The molecule has 0 aliphatic carbocycles. The van der Waals surface area contributed by atoms with Crippen LogP contribution in [0, 0.1) is 0 Å². The summed E-state index contributed by atoms with van der Waals surface area (Å²) in [5, 5.41) is 2.94. The maximum absolute atomic E-state index is 12.5. The molecule has 0 unspecified atom stereocenters. The molecule has 6 nitrogen and oxygen atoms in total. The molecule has 1 saturated heterocycles. The van der Waals surface area contributed by atoms with Gasteiger partial charge < -0.3 is 19.9 Å². The lowest BCUT2D eigenvalue weighted by Crippen LogP contribution is -2.47. The predicted octanol–water partition coefficient (Wildman–Crippen LogP) is 3.22. The number of urea groups is 1. The molecule has 3 rings (SSSR count). The molecular weight excluding hydrogens is 316 g/mol. The van der Waals surface area contributed by atoms with E-state index in [0.717, 1.165) is 43.2 Å². The second kappa shape index (κ2) is 7.88. The minimum atomic E-state index is -0.0930. The summed E-state index contributed by atoms with van der Waals surface area (Å²) < 4.78 is 5.19. The maximum atomic E-state index is 12.5. The highest BCUT2D eigenvalue weighted by atomic mass is 16.5. The van der Waals surface area contributed by atoms with E-state index in [-0.39, 0.29) is 12.1 Å². The quantitative estimate of drug-likeness (QED) is 0.928. The molecule has 0 spiro atoms. The molecule has 0 bridgehead atoms. The Bertz CT molecular complexity index is 700. The molecule has 2 amide bonds. The molecule has 1 aliphatic heterocycles. The largest absolute Gasteiger partial charge is 0.497 e. The summed E-state index contributed by atoms with van der Waals surface area (Å²) in [5.41, 5.74) is 0.738. The van der Waals surface area contributed by atoms with Crippen molar-refractivity contribution in [2.45, 2.75) is 18.9 Å². The van der Waals surface area contributed by atoms with Crippen LogP contribution < -0.4 is 15.0 Å². The topological polar surface area (TPSA) is 57.7 Å². The third-order valence-corrected chi connectivity index (χ3v) is 4.63. The molecule has 0 saturated carbocycles. The highest BCUT2D eigenvalue weighted by Crippen LogP contribution is 2.21. The minimum absolute atomic E-state index is 0.0930. The van der Waals surface area contributed by atoms with E-state index in [1.165, 1.54) is 0 Å². The number of ether oxygens (including phenoxy) is 1. The van der Waals surface area contributed by atoms with Gasteiger partial charge in [0, 0.05) is 44.1 Å². The van der Waals surface area contributed by atoms with Crippen LogP contribution in [0.15, 0.2) is 48.7 Å². The Kier molecular flexibility index (Phi) is 5.38. The lowest BCUT2D eigenvalue weighted by atomic mass is 10.0. The van der Waals surface area contributed by atoms with Crippen LogP contribution in [0.4, 0.5) is 16.3 Å². The van der Waals surface area contributed by atoms with Crippen LogP contribution in [0.1, 0.15) is 12.8 Å². The number of carbonyl (C=O) groups is 1. The fourth-order valence-electron chi connectivity index (χ4n) is 3.10. The molecule has 1 aromatic heterocycles. The Morgan fingerprint density at radius 2 is 2.04 bits per heavy atom. The minimum Gasteiger partial charge on any atom is -0.497 e. The van der Waals surface area contributed by atoms with Gasteiger partial charge in [-0.1, -0.05) is 12.1 Å². The van der Waals surface area contributed by atoms with E-state index in [1.54, 1.807) is 12.0 Å². The molecule has 0 radical (unpaired) electrons. The number of aromatic nitrogens is 1. The second-order valence-electron chi connectivity index (χ2n) is 6.18.